The lowest BCUT2D eigenvalue weighted by atomic mass is 9.81. The minimum Gasteiger partial charge on any atom is -0.444 e. The Bertz CT molecular complexity index is 1690. The van der Waals surface area contributed by atoms with Crippen LogP contribution in [0.25, 0.3) is 16.6 Å². The summed E-state index contributed by atoms with van der Waals surface area (Å²) in [6.45, 7) is 9.74. The molecule has 1 amide bonds. The van der Waals surface area contributed by atoms with E-state index in [2.05, 4.69) is 41.1 Å². The molecule has 0 atom stereocenters. The van der Waals surface area contributed by atoms with Crippen LogP contribution in [-0.2, 0) is 4.74 Å². The number of alkyl carbamates (subject to hydrolysis) is 1. The quantitative estimate of drug-likeness (QED) is 0.281. The first-order chi connectivity index (χ1) is 19.5. The molecule has 10 heteroatoms. The number of carbonyl (C=O) groups excluding carboxylic acids is 1. The predicted octanol–water partition coefficient (Wildman–Crippen LogP) is 6.80. The molecule has 1 saturated carbocycles. The Hall–Kier alpha value is -4.28. The molecular weight excluding hydrogens is 534 g/mol. The Balaban J connectivity index is 1.41. The molecule has 0 unspecified atom stereocenters. The minimum atomic E-state index is -0.535. The molecule has 41 heavy (non-hydrogen) atoms. The van der Waals surface area contributed by atoms with Crippen LogP contribution in [0.1, 0.15) is 76.2 Å². The van der Waals surface area contributed by atoms with Crippen molar-refractivity contribution in [3.63, 3.8) is 0 Å². The number of amides is 1. The van der Waals surface area contributed by atoms with Gasteiger partial charge in [0.1, 0.15) is 17.7 Å². The van der Waals surface area contributed by atoms with E-state index < -0.39 is 5.60 Å². The largest absolute Gasteiger partial charge is 0.444 e. The van der Waals surface area contributed by atoms with Crippen molar-refractivity contribution < 1.29 is 9.53 Å². The topological polar surface area (TPSA) is 121 Å². The fourth-order valence-corrected chi connectivity index (χ4v) is 6.49. The molecule has 1 N–H and O–H groups in total. The van der Waals surface area contributed by atoms with Gasteiger partial charge in [0.05, 0.1) is 35.1 Å². The summed E-state index contributed by atoms with van der Waals surface area (Å²) in [5.74, 6) is 0. The number of nitrogens with one attached hydrogen (secondary N) is 1. The van der Waals surface area contributed by atoms with Crippen molar-refractivity contribution >= 4 is 23.4 Å². The molecule has 1 aliphatic rings. The second-order valence-corrected chi connectivity index (χ2v) is 12.9. The zero-order chi connectivity index (χ0) is 29.4. The number of fused-ring (bicyclic) bond motifs is 1. The van der Waals surface area contributed by atoms with Crippen molar-refractivity contribution in [2.75, 3.05) is 0 Å². The number of hydrogen-bond donors (Lipinski definition) is 1. The highest BCUT2D eigenvalue weighted by molar-refractivity contribution is 7.99. The molecule has 1 aromatic carbocycles. The number of nitrogens with zero attached hydrogens (tertiary/aromatic N) is 6. The SMILES string of the molecule is Cc1c(-c2cc(Sc3ccccc3C#N)c3c(C#N)cnn3c2)cnn1[C@H]1CC[C@@](C)(NC(=O)OC(C)(C)C)CC1. The number of nitriles is 2. The molecule has 3 heterocycles. The number of aromatic nitrogens is 4. The van der Waals surface area contributed by atoms with Gasteiger partial charge in [0.25, 0.3) is 0 Å². The molecule has 0 bridgehead atoms. The van der Waals surface area contributed by atoms with Crippen molar-refractivity contribution in [2.24, 2.45) is 0 Å². The monoisotopic (exact) mass is 567 g/mol. The van der Waals surface area contributed by atoms with Crippen LogP contribution in [0.3, 0.4) is 0 Å². The van der Waals surface area contributed by atoms with Crippen molar-refractivity contribution in [3.05, 3.63) is 65.7 Å². The molecule has 9 nitrogen and oxygen atoms in total. The van der Waals surface area contributed by atoms with E-state index in [-0.39, 0.29) is 17.7 Å². The first kappa shape index (κ1) is 28.3. The summed E-state index contributed by atoms with van der Waals surface area (Å²) in [6, 6.07) is 14.2. The van der Waals surface area contributed by atoms with Gasteiger partial charge in [-0.1, -0.05) is 23.9 Å². The van der Waals surface area contributed by atoms with E-state index in [1.807, 2.05) is 57.4 Å². The molecule has 0 radical (unpaired) electrons. The number of benzene rings is 1. The first-order valence-corrected chi connectivity index (χ1v) is 14.5. The van der Waals surface area contributed by atoms with Crippen LogP contribution in [0, 0.1) is 29.6 Å². The summed E-state index contributed by atoms with van der Waals surface area (Å²) >= 11 is 1.45. The van der Waals surface area contributed by atoms with Crippen LogP contribution in [0.4, 0.5) is 4.79 Å². The number of carbonyl (C=O) groups is 1. The molecule has 1 aliphatic carbocycles. The summed E-state index contributed by atoms with van der Waals surface area (Å²) in [7, 11) is 0. The third-order valence-corrected chi connectivity index (χ3v) is 8.59. The first-order valence-electron chi connectivity index (χ1n) is 13.6. The number of pyridine rings is 1. The minimum absolute atomic E-state index is 0.215. The summed E-state index contributed by atoms with van der Waals surface area (Å²) in [5.41, 5.74) is 3.86. The standard InChI is InChI=1S/C31H33N7O2S/c1-20-25(18-35-38(20)24-10-12-31(5,13-11-24)36-29(39)40-30(2,3)4)22-14-27(28-23(16-33)17-34-37(28)19-22)41-26-9-7-6-8-21(26)15-32/h6-9,14,17-19,24H,10-13H2,1-5H3,(H,36,39)/t24-,31+. The van der Waals surface area contributed by atoms with Gasteiger partial charge in [-0.15, -0.1) is 0 Å². The third-order valence-electron chi connectivity index (χ3n) is 7.49. The van der Waals surface area contributed by atoms with Crippen LogP contribution in [-0.4, -0.2) is 36.6 Å². The van der Waals surface area contributed by atoms with Gasteiger partial charge in [-0.25, -0.2) is 9.31 Å². The van der Waals surface area contributed by atoms with Gasteiger partial charge in [0.15, 0.2) is 0 Å². The van der Waals surface area contributed by atoms with Gasteiger partial charge in [0, 0.05) is 38.3 Å². The van der Waals surface area contributed by atoms with Crippen LogP contribution in [0.5, 0.6) is 0 Å². The molecule has 5 rings (SSSR count). The van der Waals surface area contributed by atoms with Gasteiger partial charge in [0.2, 0.25) is 0 Å². The lowest BCUT2D eigenvalue weighted by molar-refractivity contribution is 0.0425. The zero-order valence-corrected chi connectivity index (χ0v) is 24.7. The highest BCUT2D eigenvalue weighted by atomic mass is 32.2. The molecule has 210 valence electrons. The highest BCUT2D eigenvalue weighted by Crippen LogP contribution is 2.40. The molecule has 0 aliphatic heterocycles. The van der Waals surface area contributed by atoms with E-state index in [1.165, 1.54) is 11.8 Å². The average molecular weight is 568 g/mol. The Kier molecular flexibility index (Phi) is 7.54. The lowest BCUT2D eigenvalue weighted by Gasteiger charge is -2.38. The Morgan fingerprint density at radius 1 is 1.10 bits per heavy atom. The fraction of sp³-hybridized carbons (Fsp3) is 0.387. The zero-order valence-electron chi connectivity index (χ0n) is 23.9. The van der Waals surface area contributed by atoms with Crippen LogP contribution < -0.4 is 5.32 Å². The maximum absolute atomic E-state index is 12.4. The summed E-state index contributed by atoms with van der Waals surface area (Å²) in [6.07, 6.45) is 8.40. The van der Waals surface area contributed by atoms with Gasteiger partial charge in [-0.05, 0) is 78.5 Å². The number of hydrogen-bond acceptors (Lipinski definition) is 7. The molecule has 3 aromatic heterocycles. The Morgan fingerprint density at radius 2 is 1.80 bits per heavy atom. The summed E-state index contributed by atoms with van der Waals surface area (Å²) < 4.78 is 9.30. The summed E-state index contributed by atoms with van der Waals surface area (Å²) in [4.78, 5) is 14.1. The second-order valence-electron chi connectivity index (χ2n) is 11.8. The predicted molar refractivity (Wildman–Crippen MR) is 156 cm³/mol. The average Bonchev–Trinajstić information content (AvgIpc) is 3.51. The second kappa shape index (κ2) is 10.9. The lowest BCUT2D eigenvalue weighted by Crippen LogP contribution is -2.50. The normalized spacial score (nSPS) is 19.0. The van der Waals surface area contributed by atoms with E-state index in [9.17, 15) is 15.3 Å². The number of ether oxygens (including phenoxy) is 1. The third kappa shape index (κ3) is 5.94. The molecule has 0 saturated heterocycles. The molecule has 1 fully saturated rings. The smallest absolute Gasteiger partial charge is 0.408 e. The van der Waals surface area contributed by atoms with Gasteiger partial charge < -0.3 is 10.1 Å². The van der Waals surface area contributed by atoms with Crippen molar-refractivity contribution in [1.82, 2.24) is 24.7 Å². The number of rotatable bonds is 5. The van der Waals surface area contributed by atoms with Crippen LogP contribution >= 0.6 is 11.8 Å². The molecule has 0 spiro atoms. The van der Waals surface area contributed by atoms with E-state index in [0.717, 1.165) is 52.3 Å². The molecular formula is C31H33N7O2S. The van der Waals surface area contributed by atoms with E-state index in [0.29, 0.717) is 16.6 Å². The van der Waals surface area contributed by atoms with Crippen molar-refractivity contribution in [3.8, 4) is 23.3 Å². The van der Waals surface area contributed by atoms with Gasteiger partial charge >= 0.3 is 6.09 Å². The maximum Gasteiger partial charge on any atom is 0.408 e. The van der Waals surface area contributed by atoms with Crippen molar-refractivity contribution in [2.45, 2.75) is 87.3 Å². The van der Waals surface area contributed by atoms with Crippen LogP contribution in [0.15, 0.2) is 58.7 Å². The van der Waals surface area contributed by atoms with Gasteiger partial charge in [-0.2, -0.15) is 20.7 Å². The summed E-state index contributed by atoms with van der Waals surface area (Å²) in [5, 5.41) is 31.7. The fourth-order valence-electron chi connectivity index (χ4n) is 5.39. The Labute approximate surface area is 244 Å². The van der Waals surface area contributed by atoms with Gasteiger partial charge in [-0.3, -0.25) is 4.68 Å². The van der Waals surface area contributed by atoms with E-state index >= 15 is 0 Å². The van der Waals surface area contributed by atoms with Crippen molar-refractivity contribution in [1.29, 1.82) is 10.5 Å². The van der Waals surface area contributed by atoms with E-state index in [4.69, 9.17) is 9.84 Å². The van der Waals surface area contributed by atoms with E-state index in [1.54, 1.807) is 16.8 Å². The molecule has 4 aromatic rings. The Morgan fingerprint density at radius 3 is 2.49 bits per heavy atom. The highest BCUT2D eigenvalue weighted by Gasteiger charge is 2.35. The van der Waals surface area contributed by atoms with Crippen LogP contribution in [0.2, 0.25) is 0 Å². The maximum atomic E-state index is 12.4.